The van der Waals surface area contributed by atoms with E-state index in [4.69, 9.17) is 4.98 Å². The van der Waals surface area contributed by atoms with Crippen LogP contribution in [0.4, 0.5) is 5.69 Å². The Morgan fingerprint density at radius 1 is 1.08 bits per heavy atom. The summed E-state index contributed by atoms with van der Waals surface area (Å²) in [4.78, 5) is 30.3. The zero-order valence-corrected chi connectivity index (χ0v) is 20.8. The maximum Gasteiger partial charge on any atom is 0.261 e. The second kappa shape index (κ2) is 7.82. The van der Waals surface area contributed by atoms with Crippen LogP contribution in [0.2, 0.25) is 0 Å². The number of hydrogen-bond donors (Lipinski definition) is 4. The maximum absolute atomic E-state index is 13.3. The van der Waals surface area contributed by atoms with Gasteiger partial charge in [-0.2, -0.15) is 5.26 Å². The molecule has 2 aromatic carbocycles. The molecule has 7 rings (SSSR count). The number of aryl methyl sites for hydroxylation is 2. The van der Waals surface area contributed by atoms with Gasteiger partial charge in [-0.25, -0.2) is 4.98 Å². The molecule has 1 saturated heterocycles. The van der Waals surface area contributed by atoms with Crippen LogP contribution in [-0.2, 0) is 0 Å². The molecule has 0 amide bonds. The number of nitrogens with zero attached hydrogens (tertiary/aromatic N) is 3. The highest BCUT2D eigenvalue weighted by atomic mass is 16.1. The summed E-state index contributed by atoms with van der Waals surface area (Å²) in [5.74, 6) is 0.486. The van der Waals surface area contributed by atoms with Gasteiger partial charge < -0.3 is 25.2 Å². The van der Waals surface area contributed by atoms with Gasteiger partial charge in [0.2, 0.25) is 0 Å². The van der Waals surface area contributed by atoms with Gasteiger partial charge in [-0.15, -0.1) is 0 Å². The lowest BCUT2D eigenvalue weighted by molar-refractivity contribution is 0.442. The predicted molar refractivity (Wildman–Crippen MR) is 146 cm³/mol. The largest absolute Gasteiger partial charge is 0.368 e. The van der Waals surface area contributed by atoms with E-state index in [0.717, 1.165) is 47.5 Å². The number of imidazole rings is 1. The van der Waals surface area contributed by atoms with Crippen molar-refractivity contribution in [2.24, 2.45) is 0 Å². The van der Waals surface area contributed by atoms with Crippen molar-refractivity contribution in [3.63, 3.8) is 0 Å². The Labute approximate surface area is 213 Å². The molecule has 184 valence electrons. The van der Waals surface area contributed by atoms with E-state index in [-0.39, 0.29) is 11.1 Å². The van der Waals surface area contributed by atoms with Gasteiger partial charge in [-0.05, 0) is 50.5 Å². The third kappa shape index (κ3) is 3.39. The Morgan fingerprint density at radius 2 is 1.92 bits per heavy atom. The Hall–Kier alpha value is -4.35. The number of benzene rings is 2. The molecule has 1 spiro atoms. The van der Waals surface area contributed by atoms with Gasteiger partial charge in [-0.1, -0.05) is 24.3 Å². The highest BCUT2D eigenvalue weighted by Gasteiger charge is 2.45. The Balaban J connectivity index is 1.39. The number of nitrogens with one attached hydrogen (secondary N) is 4. The second-order valence-corrected chi connectivity index (χ2v) is 10.4. The first-order valence-electron chi connectivity index (χ1n) is 12.7. The molecule has 37 heavy (non-hydrogen) atoms. The van der Waals surface area contributed by atoms with Crippen LogP contribution in [-0.4, -0.2) is 45.1 Å². The number of H-pyrrole nitrogens is 3. The normalized spacial score (nSPS) is 16.5. The zero-order valence-electron chi connectivity index (χ0n) is 20.8. The molecule has 4 heterocycles. The van der Waals surface area contributed by atoms with Gasteiger partial charge in [0.15, 0.2) is 0 Å². The standard InChI is InChI=1S/C29H27N7O/c1-16-5-3-4-6-19(16)25-20(14-30)23-17(2)32-28(37)24(26(23)35-25)27-33-21-8-7-18(13-22(21)34-27)36-12-11-31-29(15-36)9-10-29/h3-8,13,31,35H,9-12,15H2,1-2H3,(H,32,37)(H,33,34). The lowest BCUT2D eigenvalue weighted by Crippen LogP contribution is -2.52. The molecule has 2 aliphatic rings. The minimum absolute atomic E-state index is 0.246. The van der Waals surface area contributed by atoms with Gasteiger partial charge in [0.25, 0.3) is 5.56 Å². The van der Waals surface area contributed by atoms with E-state index in [2.05, 4.69) is 43.4 Å². The van der Waals surface area contributed by atoms with Crippen molar-refractivity contribution in [2.75, 3.05) is 24.5 Å². The van der Waals surface area contributed by atoms with Crippen molar-refractivity contribution in [3.8, 4) is 28.7 Å². The van der Waals surface area contributed by atoms with Gasteiger partial charge in [0, 0.05) is 47.5 Å². The molecule has 8 nitrogen and oxygen atoms in total. The molecule has 2 fully saturated rings. The van der Waals surface area contributed by atoms with Crippen LogP contribution < -0.4 is 15.8 Å². The summed E-state index contributed by atoms with van der Waals surface area (Å²) < 4.78 is 0. The number of nitriles is 1. The third-order valence-corrected chi connectivity index (χ3v) is 7.98. The van der Waals surface area contributed by atoms with Gasteiger partial charge >= 0.3 is 0 Å². The molecule has 0 radical (unpaired) electrons. The average molecular weight is 490 g/mol. The van der Waals surface area contributed by atoms with Crippen LogP contribution in [0.25, 0.3) is 44.6 Å². The molecule has 1 aliphatic carbocycles. The third-order valence-electron chi connectivity index (χ3n) is 7.98. The number of fused-ring (bicyclic) bond motifs is 2. The van der Waals surface area contributed by atoms with Crippen molar-refractivity contribution in [3.05, 3.63) is 69.6 Å². The zero-order chi connectivity index (χ0) is 25.3. The van der Waals surface area contributed by atoms with E-state index >= 15 is 0 Å². The number of aromatic nitrogens is 4. The Bertz CT molecular complexity index is 1810. The first-order chi connectivity index (χ1) is 18.0. The molecule has 0 atom stereocenters. The van der Waals surface area contributed by atoms with Crippen molar-refractivity contribution >= 4 is 27.6 Å². The fraction of sp³-hybridized carbons (Fsp3) is 0.276. The molecule has 3 aromatic heterocycles. The minimum Gasteiger partial charge on any atom is -0.368 e. The van der Waals surface area contributed by atoms with Crippen molar-refractivity contribution < 1.29 is 0 Å². The van der Waals surface area contributed by atoms with Crippen molar-refractivity contribution in [2.45, 2.75) is 32.2 Å². The molecular weight excluding hydrogens is 462 g/mol. The molecule has 0 bridgehead atoms. The first kappa shape index (κ1) is 21.9. The Morgan fingerprint density at radius 3 is 2.70 bits per heavy atom. The highest BCUT2D eigenvalue weighted by Crippen LogP contribution is 2.39. The van der Waals surface area contributed by atoms with Crippen LogP contribution in [0.15, 0.2) is 47.3 Å². The molecule has 8 heteroatoms. The molecule has 1 saturated carbocycles. The van der Waals surface area contributed by atoms with Crippen LogP contribution in [0.3, 0.4) is 0 Å². The van der Waals surface area contributed by atoms with Gasteiger partial charge in [0.05, 0.1) is 27.8 Å². The minimum atomic E-state index is -0.246. The number of piperazine rings is 1. The van der Waals surface area contributed by atoms with E-state index in [1.165, 1.54) is 12.8 Å². The molecule has 4 N–H and O–H groups in total. The molecule has 5 aromatic rings. The van der Waals surface area contributed by atoms with Crippen LogP contribution in [0, 0.1) is 25.2 Å². The predicted octanol–water partition coefficient (Wildman–Crippen LogP) is 4.50. The number of anilines is 1. The lowest BCUT2D eigenvalue weighted by Gasteiger charge is -2.35. The summed E-state index contributed by atoms with van der Waals surface area (Å²) in [6.45, 7) is 6.81. The van der Waals surface area contributed by atoms with Gasteiger partial charge in [-0.3, -0.25) is 4.79 Å². The molecule has 0 unspecified atom stereocenters. The number of pyridine rings is 1. The topological polar surface area (TPSA) is 116 Å². The van der Waals surface area contributed by atoms with Crippen molar-refractivity contribution in [1.29, 1.82) is 5.26 Å². The summed E-state index contributed by atoms with van der Waals surface area (Å²) in [5, 5.41) is 14.5. The van der Waals surface area contributed by atoms with Crippen LogP contribution >= 0.6 is 0 Å². The quantitative estimate of drug-likeness (QED) is 0.298. The Kier molecular flexibility index (Phi) is 4.63. The van der Waals surface area contributed by atoms with E-state index in [0.29, 0.717) is 39.2 Å². The summed E-state index contributed by atoms with van der Waals surface area (Å²) in [6.07, 6.45) is 2.47. The molecular formula is C29H27N7O. The van der Waals surface area contributed by atoms with E-state index < -0.39 is 0 Å². The lowest BCUT2D eigenvalue weighted by atomic mass is 10.0. The van der Waals surface area contributed by atoms with Crippen LogP contribution in [0.1, 0.15) is 29.7 Å². The fourth-order valence-electron chi connectivity index (χ4n) is 5.84. The summed E-state index contributed by atoms with van der Waals surface area (Å²) in [7, 11) is 0. The summed E-state index contributed by atoms with van der Waals surface area (Å²) >= 11 is 0. The second-order valence-electron chi connectivity index (χ2n) is 10.4. The first-order valence-corrected chi connectivity index (χ1v) is 12.7. The van der Waals surface area contributed by atoms with Gasteiger partial charge in [0.1, 0.15) is 17.5 Å². The number of rotatable bonds is 3. The summed E-state index contributed by atoms with van der Waals surface area (Å²) in [5.41, 5.74) is 7.79. The fourth-order valence-corrected chi connectivity index (χ4v) is 5.84. The maximum atomic E-state index is 13.3. The van der Waals surface area contributed by atoms with E-state index in [1.54, 1.807) is 0 Å². The smallest absolute Gasteiger partial charge is 0.261 e. The van der Waals surface area contributed by atoms with E-state index in [9.17, 15) is 10.1 Å². The van der Waals surface area contributed by atoms with E-state index in [1.807, 2.05) is 44.2 Å². The molecule has 1 aliphatic heterocycles. The summed E-state index contributed by atoms with van der Waals surface area (Å²) in [6, 6.07) is 16.6. The SMILES string of the molecule is Cc1ccccc1-c1[nH]c2c(-c3nc4ccc(N5CCNC6(CC6)C5)cc4[nH]3)c(=O)[nH]c(C)c2c1C#N. The van der Waals surface area contributed by atoms with Crippen molar-refractivity contribution in [1.82, 2.24) is 25.3 Å². The average Bonchev–Trinajstić information content (AvgIpc) is 3.33. The number of hydrogen-bond acceptors (Lipinski definition) is 5. The number of aromatic amines is 3. The van der Waals surface area contributed by atoms with Crippen LogP contribution in [0.5, 0.6) is 0 Å². The monoisotopic (exact) mass is 489 g/mol. The highest BCUT2D eigenvalue weighted by molar-refractivity contribution is 6.02.